The highest BCUT2D eigenvalue weighted by molar-refractivity contribution is 7.89. The Bertz CT molecular complexity index is 560. The van der Waals surface area contributed by atoms with Gasteiger partial charge in [-0.2, -0.15) is 0 Å². The van der Waals surface area contributed by atoms with Gasteiger partial charge in [-0.05, 0) is 51.0 Å². The van der Waals surface area contributed by atoms with Gasteiger partial charge in [0.2, 0.25) is 10.0 Å². The molecule has 0 unspecified atom stereocenters. The van der Waals surface area contributed by atoms with Crippen LogP contribution in [0, 0.1) is 0 Å². The van der Waals surface area contributed by atoms with E-state index >= 15 is 0 Å². The fraction of sp³-hybridized carbons (Fsp3) is 0.600. The highest BCUT2D eigenvalue weighted by atomic mass is 32.2. The van der Waals surface area contributed by atoms with Crippen molar-refractivity contribution in [2.75, 3.05) is 6.54 Å². The number of ether oxygens (including phenoxy) is 1. The Hall–Kier alpha value is -1.11. The normalized spacial score (nSPS) is 18.1. The molecule has 1 aromatic carbocycles. The van der Waals surface area contributed by atoms with Crippen LogP contribution in [0.5, 0.6) is 5.75 Å². The highest BCUT2D eigenvalue weighted by Gasteiger charge is 2.32. The van der Waals surface area contributed by atoms with E-state index in [4.69, 9.17) is 4.74 Å². The molecular formula is C15H23NO4S. The van der Waals surface area contributed by atoms with Crippen molar-refractivity contribution in [1.29, 1.82) is 0 Å². The Morgan fingerprint density at radius 2 is 1.81 bits per heavy atom. The molecule has 1 fully saturated rings. The Kier molecular flexibility index (Phi) is 4.91. The fourth-order valence-corrected chi connectivity index (χ4v) is 3.61. The predicted octanol–water partition coefficient (Wildman–Crippen LogP) is 2.06. The molecule has 0 radical (unpaired) electrons. The first-order chi connectivity index (χ1) is 9.81. The maximum Gasteiger partial charge on any atom is 0.240 e. The monoisotopic (exact) mass is 313 g/mol. The van der Waals surface area contributed by atoms with Gasteiger partial charge < -0.3 is 9.84 Å². The van der Waals surface area contributed by atoms with E-state index < -0.39 is 15.6 Å². The third kappa shape index (κ3) is 4.43. The van der Waals surface area contributed by atoms with Gasteiger partial charge in [-0.3, -0.25) is 0 Å². The number of aliphatic hydroxyl groups is 1. The van der Waals surface area contributed by atoms with E-state index in [1.807, 2.05) is 13.8 Å². The molecule has 6 heteroatoms. The van der Waals surface area contributed by atoms with E-state index in [2.05, 4.69) is 4.72 Å². The minimum absolute atomic E-state index is 0.0437. The average molecular weight is 313 g/mol. The molecule has 0 bridgehead atoms. The molecule has 1 aromatic rings. The molecular weight excluding hydrogens is 290 g/mol. The number of hydrogen-bond donors (Lipinski definition) is 2. The quantitative estimate of drug-likeness (QED) is 0.843. The molecule has 1 aliphatic carbocycles. The first kappa shape index (κ1) is 16.3. The van der Waals surface area contributed by atoms with Crippen molar-refractivity contribution in [2.45, 2.75) is 56.1 Å². The summed E-state index contributed by atoms with van der Waals surface area (Å²) < 4.78 is 32.4. The van der Waals surface area contributed by atoms with Gasteiger partial charge in [0.25, 0.3) is 0 Å². The molecule has 0 aromatic heterocycles. The molecule has 0 heterocycles. The second-order valence-electron chi connectivity index (χ2n) is 5.89. The lowest BCUT2D eigenvalue weighted by molar-refractivity contribution is 0.0532. The summed E-state index contributed by atoms with van der Waals surface area (Å²) in [5, 5.41) is 10.2. The lowest BCUT2D eigenvalue weighted by atomic mass is 10.0. The standard InChI is InChI=1S/C15H23NO4S/c1-12(2)20-13-5-7-14(8-6-13)21(18,19)16-11-15(17)9-3-4-10-15/h5-8,12,16-17H,3-4,9-11H2,1-2H3. The van der Waals surface area contributed by atoms with Gasteiger partial charge in [0.1, 0.15) is 5.75 Å². The molecule has 5 nitrogen and oxygen atoms in total. The molecule has 0 aliphatic heterocycles. The Labute approximate surface area is 126 Å². The average Bonchev–Trinajstić information content (AvgIpc) is 2.84. The van der Waals surface area contributed by atoms with E-state index in [1.165, 1.54) is 12.1 Å². The van der Waals surface area contributed by atoms with Crippen LogP contribution in [0.25, 0.3) is 0 Å². The summed E-state index contributed by atoms with van der Waals surface area (Å²) in [7, 11) is -3.60. The summed E-state index contributed by atoms with van der Waals surface area (Å²) in [4.78, 5) is 0.181. The number of benzene rings is 1. The number of sulfonamides is 1. The van der Waals surface area contributed by atoms with Crippen LogP contribution >= 0.6 is 0 Å². The van der Waals surface area contributed by atoms with E-state index in [9.17, 15) is 13.5 Å². The second-order valence-corrected chi connectivity index (χ2v) is 7.66. The van der Waals surface area contributed by atoms with Crippen LogP contribution in [0.3, 0.4) is 0 Å². The van der Waals surface area contributed by atoms with Gasteiger partial charge >= 0.3 is 0 Å². The molecule has 21 heavy (non-hydrogen) atoms. The van der Waals surface area contributed by atoms with Crippen molar-refractivity contribution in [3.8, 4) is 5.75 Å². The Morgan fingerprint density at radius 3 is 2.33 bits per heavy atom. The summed E-state index contributed by atoms with van der Waals surface area (Å²) in [6, 6.07) is 6.30. The minimum atomic E-state index is -3.60. The smallest absolute Gasteiger partial charge is 0.240 e. The maximum atomic E-state index is 12.2. The van der Waals surface area contributed by atoms with E-state index in [0.29, 0.717) is 18.6 Å². The van der Waals surface area contributed by atoms with Crippen molar-refractivity contribution in [1.82, 2.24) is 4.72 Å². The van der Waals surface area contributed by atoms with Crippen LogP contribution in [0.2, 0.25) is 0 Å². The lowest BCUT2D eigenvalue weighted by Gasteiger charge is -2.22. The fourth-order valence-electron chi connectivity index (χ4n) is 2.49. The van der Waals surface area contributed by atoms with Crippen molar-refractivity contribution >= 4 is 10.0 Å². The molecule has 0 saturated heterocycles. The van der Waals surface area contributed by atoms with Crippen LogP contribution in [0.4, 0.5) is 0 Å². The lowest BCUT2D eigenvalue weighted by Crippen LogP contribution is -2.40. The highest BCUT2D eigenvalue weighted by Crippen LogP contribution is 2.29. The minimum Gasteiger partial charge on any atom is -0.491 e. The topological polar surface area (TPSA) is 75.6 Å². The van der Waals surface area contributed by atoms with Crippen LogP contribution in [-0.4, -0.2) is 31.8 Å². The Morgan fingerprint density at radius 1 is 1.24 bits per heavy atom. The first-order valence-corrected chi connectivity index (χ1v) is 8.78. The number of rotatable bonds is 6. The third-order valence-corrected chi connectivity index (χ3v) is 5.05. The van der Waals surface area contributed by atoms with Gasteiger partial charge in [-0.15, -0.1) is 0 Å². The zero-order valence-electron chi connectivity index (χ0n) is 12.5. The summed E-state index contributed by atoms with van der Waals surface area (Å²) in [5.41, 5.74) is -0.895. The maximum absolute atomic E-state index is 12.2. The van der Waals surface area contributed by atoms with E-state index in [0.717, 1.165) is 12.8 Å². The molecule has 0 atom stereocenters. The van der Waals surface area contributed by atoms with Crippen LogP contribution < -0.4 is 9.46 Å². The van der Waals surface area contributed by atoms with Crippen molar-refractivity contribution in [3.63, 3.8) is 0 Å². The number of nitrogens with one attached hydrogen (secondary N) is 1. The molecule has 0 spiro atoms. The van der Waals surface area contributed by atoms with Crippen LogP contribution in [0.1, 0.15) is 39.5 Å². The van der Waals surface area contributed by atoms with Crippen molar-refractivity contribution in [2.24, 2.45) is 0 Å². The van der Waals surface area contributed by atoms with E-state index in [-0.39, 0.29) is 17.5 Å². The van der Waals surface area contributed by atoms with E-state index in [1.54, 1.807) is 12.1 Å². The molecule has 2 rings (SSSR count). The second kappa shape index (κ2) is 6.34. The molecule has 2 N–H and O–H groups in total. The molecule has 118 valence electrons. The van der Waals surface area contributed by atoms with Gasteiger partial charge in [0, 0.05) is 6.54 Å². The zero-order valence-corrected chi connectivity index (χ0v) is 13.3. The molecule has 0 amide bonds. The summed E-state index contributed by atoms with van der Waals surface area (Å²) in [5.74, 6) is 0.637. The zero-order chi connectivity index (χ0) is 15.5. The molecule has 1 aliphatic rings. The first-order valence-electron chi connectivity index (χ1n) is 7.30. The van der Waals surface area contributed by atoms with Crippen molar-refractivity contribution in [3.05, 3.63) is 24.3 Å². The van der Waals surface area contributed by atoms with Gasteiger partial charge in [-0.1, -0.05) is 12.8 Å². The van der Waals surface area contributed by atoms with Crippen LogP contribution in [-0.2, 0) is 10.0 Å². The van der Waals surface area contributed by atoms with Gasteiger partial charge in [0.05, 0.1) is 16.6 Å². The van der Waals surface area contributed by atoms with Crippen LogP contribution in [0.15, 0.2) is 29.2 Å². The molecule has 1 saturated carbocycles. The summed E-state index contributed by atoms with van der Waals surface area (Å²) in [6.45, 7) is 3.89. The Balaban J connectivity index is 2.01. The largest absolute Gasteiger partial charge is 0.491 e. The predicted molar refractivity (Wildman–Crippen MR) is 80.8 cm³/mol. The third-order valence-electron chi connectivity index (χ3n) is 3.63. The van der Waals surface area contributed by atoms with Gasteiger partial charge in [0.15, 0.2) is 0 Å². The SMILES string of the molecule is CC(C)Oc1ccc(S(=O)(=O)NCC2(O)CCCC2)cc1. The number of hydrogen-bond acceptors (Lipinski definition) is 4. The van der Waals surface area contributed by atoms with Crippen molar-refractivity contribution < 1.29 is 18.3 Å². The van der Waals surface area contributed by atoms with Gasteiger partial charge in [-0.25, -0.2) is 13.1 Å². The summed E-state index contributed by atoms with van der Waals surface area (Å²) in [6.07, 6.45) is 3.23. The summed E-state index contributed by atoms with van der Waals surface area (Å²) >= 11 is 0.